The number of hydrogen-bond acceptors (Lipinski definition) is 2. The summed E-state index contributed by atoms with van der Waals surface area (Å²) < 4.78 is 37.0. The Labute approximate surface area is 91.0 Å². The maximum Gasteiger partial charge on any atom is 0.396 e. The highest BCUT2D eigenvalue weighted by Gasteiger charge is 2.47. The second-order valence-electron chi connectivity index (χ2n) is 3.21. The van der Waals surface area contributed by atoms with Gasteiger partial charge in [0, 0.05) is 6.21 Å². The van der Waals surface area contributed by atoms with Crippen LogP contribution in [0.1, 0.15) is 12.8 Å². The Morgan fingerprint density at radius 1 is 1.53 bits per heavy atom. The number of hydrazone groups is 1. The number of guanidine groups is 1. The first-order valence-electron chi connectivity index (χ1n) is 4.11. The third-order valence-corrected chi connectivity index (χ3v) is 1.93. The van der Waals surface area contributed by atoms with Crippen LogP contribution in [0.5, 0.6) is 0 Å². The Hall–Kier alpha value is -0.980. The molecule has 1 saturated carbocycles. The van der Waals surface area contributed by atoms with Crippen molar-refractivity contribution < 1.29 is 13.2 Å². The van der Waals surface area contributed by atoms with Crippen molar-refractivity contribution >= 4 is 24.6 Å². The van der Waals surface area contributed by atoms with Crippen LogP contribution in [-0.4, -0.2) is 18.4 Å². The van der Waals surface area contributed by atoms with Gasteiger partial charge in [0.2, 0.25) is 5.96 Å². The Morgan fingerprint density at radius 3 is 2.40 bits per heavy atom. The van der Waals surface area contributed by atoms with Crippen LogP contribution in [0.25, 0.3) is 0 Å². The van der Waals surface area contributed by atoms with Gasteiger partial charge in [0.1, 0.15) is 0 Å². The van der Waals surface area contributed by atoms with Crippen molar-refractivity contribution in [1.82, 2.24) is 5.43 Å². The van der Waals surface area contributed by atoms with E-state index in [2.05, 4.69) is 5.10 Å². The fourth-order valence-electron chi connectivity index (χ4n) is 1.12. The smallest absolute Gasteiger partial charge is 0.369 e. The maximum atomic E-state index is 12.3. The van der Waals surface area contributed by atoms with E-state index < -0.39 is 18.1 Å². The molecule has 4 nitrogen and oxygen atoms in total. The van der Waals surface area contributed by atoms with Crippen LogP contribution in [0.3, 0.4) is 0 Å². The molecule has 0 aromatic heterocycles. The predicted molar refractivity (Wildman–Crippen MR) is 53.1 cm³/mol. The van der Waals surface area contributed by atoms with Gasteiger partial charge in [0.05, 0.1) is 5.92 Å². The van der Waals surface area contributed by atoms with E-state index in [1.54, 1.807) is 0 Å². The van der Waals surface area contributed by atoms with Gasteiger partial charge in [-0.1, -0.05) is 0 Å². The second-order valence-corrected chi connectivity index (χ2v) is 3.21. The number of alkyl halides is 3. The maximum absolute atomic E-state index is 12.3. The van der Waals surface area contributed by atoms with Crippen LogP contribution in [0, 0.1) is 17.2 Å². The molecule has 15 heavy (non-hydrogen) atoms. The predicted octanol–water partition coefficient (Wildman–Crippen LogP) is 1.47. The summed E-state index contributed by atoms with van der Waals surface area (Å²) in [6.45, 7) is 0. The Balaban J connectivity index is 0.00000196. The highest BCUT2D eigenvalue weighted by Crippen LogP contribution is 2.43. The summed E-state index contributed by atoms with van der Waals surface area (Å²) in [5.74, 6) is -2.35. The number of nitrogens with zero attached hydrogens (tertiary/aromatic N) is 1. The summed E-state index contributed by atoms with van der Waals surface area (Å²) >= 11 is 0. The minimum absolute atomic E-state index is 0. The molecule has 0 aromatic rings. The largest absolute Gasteiger partial charge is 0.396 e. The fourth-order valence-corrected chi connectivity index (χ4v) is 1.12. The van der Waals surface area contributed by atoms with Crippen LogP contribution in [0.15, 0.2) is 5.10 Å². The number of nitrogens with two attached hydrogens (primary N) is 1. The molecule has 1 fully saturated rings. The number of halogens is 4. The van der Waals surface area contributed by atoms with Crippen LogP contribution in [-0.2, 0) is 0 Å². The van der Waals surface area contributed by atoms with Gasteiger partial charge in [-0.25, -0.2) is 5.43 Å². The molecular formula is C7H12ClF3N4. The van der Waals surface area contributed by atoms with E-state index >= 15 is 0 Å². The van der Waals surface area contributed by atoms with Crippen LogP contribution in [0.4, 0.5) is 13.2 Å². The van der Waals surface area contributed by atoms with Crippen LogP contribution in [0.2, 0.25) is 0 Å². The molecule has 0 aromatic carbocycles. The molecule has 0 saturated heterocycles. The monoisotopic (exact) mass is 244 g/mol. The highest BCUT2D eigenvalue weighted by molar-refractivity contribution is 5.85. The lowest BCUT2D eigenvalue weighted by molar-refractivity contribution is -0.158. The summed E-state index contributed by atoms with van der Waals surface area (Å²) in [6, 6.07) is 0. The van der Waals surface area contributed by atoms with E-state index in [-0.39, 0.29) is 18.3 Å². The summed E-state index contributed by atoms with van der Waals surface area (Å²) in [4.78, 5) is 0. The van der Waals surface area contributed by atoms with E-state index in [4.69, 9.17) is 11.1 Å². The molecule has 88 valence electrons. The Kier molecular flexibility index (Phi) is 4.86. The molecule has 1 aliphatic carbocycles. The van der Waals surface area contributed by atoms with E-state index in [0.717, 1.165) is 6.21 Å². The average Bonchev–Trinajstić information content (AvgIpc) is 2.77. The van der Waals surface area contributed by atoms with Crippen molar-refractivity contribution in [3.8, 4) is 0 Å². The lowest BCUT2D eigenvalue weighted by atomic mass is 10.1. The summed E-state index contributed by atoms with van der Waals surface area (Å²) in [5, 5.41) is 9.94. The van der Waals surface area contributed by atoms with Gasteiger partial charge < -0.3 is 5.73 Å². The van der Waals surface area contributed by atoms with Crippen molar-refractivity contribution in [2.24, 2.45) is 22.7 Å². The minimum atomic E-state index is -4.26. The lowest BCUT2D eigenvalue weighted by Gasteiger charge is -2.14. The van der Waals surface area contributed by atoms with Gasteiger partial charge in [-0.3, -0.25) is 5.41 Å². The molecule has 0 bridgehead atoms. The minimum Gasteiger partial charge on any atom is -0.369 e. The average molecular weight is 245 g/mol. The second kappa shape index (κ2) is 5.20. The summed E-state index contributed by atoms with van der Waals surface area (Å²) in [7, 11) is 0. The molecule has 0 spiro atoms. The van der Waals surface area contributed by atoms with E-state index in [0.29, 0.717) is 12.8 Å². The molecule has 0 amide bonds. The molecule has 1 unspecified atom stereocenters. The third-order valence-electron chi connectivity index (χ3n) is 1.93. The van der Waals surface area contributed by atoms with Gasteiger partial charge in [0.15, 0.2) is 0 Å². The molecule has 1 rings (SSSR count). The molecule has 1 atom stereocenters. The highest BCUT2D eigenvalue weighted by atomic mass is 35.5. The van der Waals surface area contributed by atoms with E-state index in [1.807, 2.05) is 5.43 Å². The van der Waals surface area contributed by atoms with Crippen LogP contribution < -0.4 is 11.2 Å². The topological polar surface area (TPSA) is 74.3 Å². The van der Waals surface area contributed by atoms with Gasteiger partial charge in [-0.15, -0.1) is 12.4 Å². The zero-order valence-corrected chi connectivity index (χ0v) is 8.53. The van der Waals surface area contributed by atoms with E-state index in [9.17, 15) is 13.2 Å². The Morgan fingerprint density at radius 2 is 2.07 bits per heavy atom. The normalized spacial score (nSPS) is 18.3. The molecule has 4 N–H and O–H groups in total. The van der Waals surface area contributed by atoms with Gasteiger partial charge in [-0.05, 0) is 18.8 Å². The van der Waals surface area contributed by atoms with Crippen molar-refractivity contribution in [3.05, 3.63) is 0 Å². The quantitative estimate of drug-likeness (QED) is 0.400. The number of rotatable bonds is 3. The molecule has 0 radical (unpaired) electrons. The zero-order chi connectivity index (χ0) is 10.8. The van der Waals surface area contributed by atoms with Crippen molar-refractivity contribution in [2.45, 2.75) is 19.0 Å². The van der Waals surface area contributed by atoms with Gasteiger partial charge in [-0.2, -0.15) is 18.3 Å². The van der Waals surface area contributed by atoms with Gasteiger partial charge >= 0.3 is 6.18 Å². The summed E-state index contributed by atoms with van der Waals surface area (Å²) in [5.41, 5.74) is 6.82. The molecule has 0 heterocycles. The Bertz CT molecular complexity index is 249. The van der Waals surface area contributed by atoms with Crippen molar-refractivity contribution in [3.63, 3.8) is 0 Å². The standard InChI is InChI=1S/C7H11F3N4.ClH/c8-7(9,10)5(4-1-2-4)3-13-14-6(11)12;/h3-5H,1-2H2,(H4,11,12,14);1H. The molecule has 1 aliphatic rings. The van der Waals surface area contributed by atoms with Crippen molar-refractivity contribution in [1.29, 1.82) is 5.41 Å². The SMILES string of the molecule is Cl.N=C(N)NN=CC(C1CC1)C(F)(F)F. The first-order chi connectivity index (χ1) is 6.41. The molecule has 8 heteroatoms. The first-order valence-corrected chi connectivity index (χ1v) is 4.11. The number of nitrogens with one attached hydrogen (secondary N) is 2. The fraction of sp³-hybridized carbons (Fsp3) is 0.714. The molecule has 0 aliphatic heterocycles. The molecular weight excluding hydrogens is 233 g/mol. The third kappa shape index (κ3) is 4.87. The van der Waals surface area contributed by atoms with Crippen LogP contribution >= 0.6 is 12.4 Å². The van der Waals surface area contributed by atoms with E-state index in [1.165, 1.54) is 0 Å². The van der Waals surface area contributed by atoms with Gasteiger partial charge in [0.25, 0.3) is 0 Å². The first kappa shape index (κ1) is 14.0. The number of hydrogen-bond donors (Lipinski definition) is 3. The van der Waals surface area contributed by atoms with Crippen molar-refractivity contribution in [2.75, 3.05) is 0 Å². The summed E-state index contributed by atoms with van der Waals surface area (Å²) in [6.07, 6.45) is -2.32. The lowest BCUT2D eigenvalue weighted by Crippen LogP contribution is -2.30. The zero-order valence-electron chi connectivity index (χ0n) is 7.71.